The molecule has 0 unspecified atom stereocenters. The Morgan fingerprint density at radius 3 is 2.39 bits per heavy atom. The SMILES string of the molecule is CS(=O)(=O)c1ccc(/C=C2/C(=N\O)CCc3ccccc32)cc1. The summed E-state index contributed by atoms with van der Waals surface area (Å²) in [6.45, 7) is 0. The molecule has 0 fully saturated rings. The van der Waals surface area contributed by atoms with E-state index in [0.29, 0.717) is 17.0 Å². The first-order valence-electron chi connectivity index (χ1n) is 7.30. The number of hydrogen-bond acceptors (Lipinski definition) is 4. The van der Waals surface area contributed by atoms with Gasteiger partial charge in [0.15, 0.2) is 9.84 Å². The number of nitrogens with zero attached hydrogens (tertiary/aromatic N) is 1. The van der Waals surface area contributed by atoms with Crippen molar-refractivity contribution in [2.24, 2.45) is 5.16 Å². The highest BCUT2D eigenvalue weighted by Crippen LogP contribution is 2.30. The average Bonchev–Trinajstić information content (AvgIpc) is 2.55. The summed E-state index contributed by atoms with van der Waals surface area (Å²) in [6.07, 6.45) is 4.65. The van der Waals surface area contributed by atoms with Crippen LogP contribution < -0.4 is 0 Å². The predicted molar refractivity (Wildman–Crippen MR) is 91.4 cm³/mol. The topological polar surface area (TPSA) is 66.7 Å². The van der Waals surface area contributed by atoms with Crippen LogP contribution in [0.5, 0.6) is 0 Å². The van der Waals surface area contributed by atoms with E-state index in [1.165, 1.54) is 11.8 Å². The maximum Gasteiger partial charge on any atom is 0.175 e. The van der Waals surface area contributed by atoms with Gasteiger partial charge < -0.3 is 5.21 Å². The number of aryl methyl sites for hydroxylation is 1. The summed E-state index contributed by atoms with van der Waals surface area (Å²) in [6, 6.07) is 14.7. The van der Waals surface area contributed by atoms with E-state index < -0.39 is 9.84 Å². The molecular formula is C18H17NO3S. The third kappa shape index (κ3) is 3.19. The molecule has 0 amide bonds. The Hall–Kier alpha value is -2.40. The van der Waals surface area contributed by atoms with Crippen LogP contribution in [0.4, 0.5) is 0 Å². The van der Waals surface area contributed by atoms with Crippen LogP contribution in [0.3, 0.4) is 0 Å². The first kappa shape index (κ1) is 15.5. The molecular weight excluding hydrogens is 310 g/mol. The number of oxime groups is 1. The maximum atomic E-state index is 11.5. The number of rotatable bonds is 2. The smallest absolute Gasteiger partial charge is 0.175 e. The molecule has 0 saturated carbocycles. The van der Waals surface area contributed by atoms with Gasteiger partial charge in [-0.15, -0.1) is 0 Å². The van der Waals surface area contributed by atoms with Gasteiger partial charge in [-0.2, -0.15) is 0 Å². The first-order valence-corrected chi connectivity index (χ1v) is 9.19. The summed E-state index contributed by atoms with van der Waals surface area (Å²) >= 11 is 0. The van der Waals surface area contributed by atoms with E-state index in [1.54, 1.807) is 24.3 Å². The summed E-state index contributed by atoms with van der Waals surface area (Å²) in [7, 11) is -3.20. The van der Waals surface area contributed by atoms with E-state index in [2.05, 4.69) is 11.2 Å². The van der Waals surface area contributed by atoms with E-state index in [-0.39, 0.29) is 0 Å². The van der Waals surface area contributed by atoms with Crippen molar-refractivity contribution >= 4 is 27.2 Å². The van der Waals surface area contributed by atoms with Crippen molar-refractivity contribution in [2.45, 2.75) is 17.7 Å². The molecule has 0 heterocycles. The van der Waals surface area contributed by atoms with Crippen LogP contribution in [0, 0.1) is 0 Å². The fourth-order valence-corrected chi connectivity index (χ4v) is 3.42. The number of allylic oxidation sites excluding steroid dienone is 1. The van der Waals surface area contributed by atoms with Gasteiger partial charge in [-0.1, -0.05) is 41.6 Å². The lowest BCUT2D eigenvalue weighted by atomic mass is 9.85. The molecule has 4 nitrogen and oxygen atoms in total. The Morgan fingerprint density at radius 2 is 1.74 bits per heavy atom. The second-order valence-electron chi connectivity index (χ2n) is 5.60. The van der Waals surface area contributed by atoms with Crippen LogP contribution >= 0.6 is 0 Å². The zero-order chi connectivity index (χ0) is 16.4. The van der Waals surface area contributed by atoms with Gasteiger partial charge in [-0.3, -0.25) is 0 Å². The third-order valence-corrected chi connectivity index (χ3v) is 5.12. The fourth-order valence-electron chi connectivity index (χ4n) is 2.79. The predicted octanol–water partition coefficient (Wildman–Crippen LogP) is 3.41. The Labute approximate surface area is 135 Å². The molecule has 3 rings (SSSR count). The van der Waals surface area contributed by atoms with Gasteiger partial charge in [0, 0.05) is 11.8 Å². The molecule has 0 saturated heterocycles. The maximum absolute atomic E-state index is 11.5. The normalized spacial score (nSPS) is 18.1. The summed E-state index contributed by atoms with van der Waals surface area (Å²) in [5, 5.41) is 12.7. The standard InChI is InChI=1S/C18H17NO3S/c1-23(21,22)15-9-6-13(7-10-15)12-17-16-5-3-2-4-14(16)8-11-18(17)19-20/h2-7,9-10,12,20H,8,11H2,1H3/b17-12+,19-18-. The van der Waals surface area contributed by atoms with E-state index >= 15 is 0 Å². The summed E-state index contributed by atoms with van der Waals surface area (Å²) < 4.78 is 23.1. The van der Waals surface area contributed by atoms with Crippen molar-refractivity contribution in [3.8, 4) is 0 Å². The van der Waals surface area contributed by atoms with Crippen LogP contribution in [0.2, 0.25) is 0 Å². The lowest BCUT2D eigenvalue weighted by molar-refractivity contribution is 0.318. The first-order chi connectivity index (χ1) is 11.0. The Bertz CT molecular complexity index is 894. The van der Waals surface area contributed by atoms with E-state index in [4.69, 9.17) is 0 Å². The summed E-state index contributed by atoms with van der Waals surface area (Å²) in [4.78, 5) is 0.291. The van der Waals surface area contributed by atoms with Crippen LogP contribution in [-0.4, -0.2) is 25.6 Å². The summed E-state index contributed by atoms with van der Waals surface area (Å²) in [5.41, 5.74) is 4.67. The average molecular weight is 327 g/mol. The van der Waals surface area contributed by atoms with Crippen molar-refractivity contribution in [3.05, 3.63) is 65.2 Å². The fraction of sp³-hybridized carbons (Fsp3) is 0.167. The van der Waals surface area contributed by atoms with Crippen molar-refractivity contribution in [2.75, 3.05) is 6.26 Å². The Morgan fingerprint density at radius 1 is 1.04 bits per heavy atom. The molecule has 0 radical (unpaired) electrons. The molecule has 2 aromatic carbocycles. The van der Waals surface area contributed by atoms with E-state index in [0.717, 1.165) is 23.1 Å². The molecule has 1 N–H and O–H groups in total. The van der Waals surface area contributed by atoms with Gasteiger partial charge in [0.1, 0.15) is 0 Å². The molecule has 23 heavy (non-hydrogen) atoms. The zero-order valence-corrected chi connectivity index (χ0v) is 13.5. The van der Waals surface area contributed by atoms with Gasteiger partial charge in [0.25, 0.3) is 0 Å². The van der Waals surface area contributed by atoms with Gasteiger partial charge in [-0.05, 0) is 47.7 Å². The second-order valence-corrected chi connectivity index (χ2v) is 7.62. The molecule has 5 heteroatoms. The Balaban J connectivity index is 2.07. The number of fused-ring (bicyclic) bond motifs is 1. The minimum atomic E-state index is -3.20. The largest absolute Gasteiger partial charge is 0.411 e. The number of benzene rings is 2. The highest BCUT2D eigenvalue weighted by atomic mass is 32.2. The molecule has 1 aliphatic rings. The molecule has 1 aliphatic carbocycles. The lowest BCUT2D eigenvalue weighted by Gasteiger charge is -2.20. The molecule has 118 valence electrons. The molecule has 0 bridgehead atoms. The molecule has 0 atom stereocenters. The third-order valence-electron chi connectivity index (χ3n) is 3.99. The van der Waals surface area contributed by atoms with E-state index in [9.17, 15) is 13.6 Å². The monoisotopic (exact) mass is 327 g/mol. The van der Waals surface area contributed by atoms with Gasteiger partial charge >= 0.3 is 0 Å². The zero-order valence-electron chi connectivity index (χ0n) is 12.7. The van der Waals surface area contributed by atoms with Crippen molar-refractivity contribution in [1.29, 1.82) is 0 Å². The Kier molecular flexibility index (Phi) is 4.05. The van der Waals surface area contributed by atoms with Gasteiger partial charge in [0.2, 0.25) is 0 Å². The van der Waals surface area contributed by atoms with Crippen LogP contribution in [0.15, 0.2) is 58.6 Å². The van der Waals surface area contributed by atoms with Gasteiger partial charge in [-0.25, -0.2) is 8.42 Å². The molecule has 2 aromatic rings. The highest BCUT2D eigenvalue weighted by Gasteiger charge is 2.20. The molecule has 0 aliphatic heterocycles. The minimum Gasteiger partial charge on any atom is -0.411 e. The van der Waals surface area contributed by atoms with Crippen LogP contribution in [0.1, 0.15) is 23.1 Å². The summed E-state index contributed by atoms with van der Waals surface area (Å²) in [5.74, 6) is 0. The second kappa shape index (κ2) is 6.01. The molecule has 0 aromatic heterocycles. The van der Waals surface area contributed by atoms with Gasteiger partial charge in [0.05, 0.1) is 10.6 Å². The number of hydrogen-bond donors (Lipinski definition) is 1. The van der Waals surface area contributed by atoms with Crippen molar-refractivity contribution in [3.63, 3.8) is 0 Å². The molecule has 0 spiro atoms. The highest BCUT2D eigenvalue weighted by molar-refractivity contribution is 7.90. The minimum absolute atomic E-state index is 0.291. The lowest BCUT2D eigenvalue weighted by Crippen LogP contribution is -2.12. The van der Waals surface area contributed by atoms with Crippen molar-refractivity contribution in [1.82, 2.24) is 0 Å². The van der Waals surface area contributed by atoms with Crippen LogP contribution in [0.25, 0.3) is 11.6 Å². The van der Waals surface area contributed by atoms with E-state index in [1.807, 2.05) is 24.3 Å². The quantitative estimate of drug-likeness (QED) is 0.679. The number of sulfone groups is 1. The van der Waals surface area contributed by atoms with Crippen molar-refractivity contribution < 1.29 is 13.6 Å². The van der Waals surface area contributed by atoms with Crippen LogP contribution in [-0.2, 0) is 16.3 Å².